The molecule has 0 amide bonds. The highest BCUT2D eigenvalue weighted by Gasteiger charge is 2.09. The Morgan fingerprint density at radius 3 is 2.28 bits per heavy atom. The number of nitrogens with zero attached hydrogens (tertiary/aromatic N) is 2. The molecule has 1 aliphatic heterocycles. The number of nitrogens with one attached hydrogen (secondary N) is 1. The Morgan fingerprint density at radius 2 is 1.72 bits per heavy atom. The molecule has 0 atom stereocenters. The third-order valence-electron chi connectivity index (χ3n) is 2.46. The van der Waals surface area contributed by atoms with Gasteiger partial charge in [0.05, 0.1) is 11.6 Å². The van der Waals surface area contributed by atoms with Crippen molar-refractivity contribution in [3.8, 4) is 6.07 Å². The first-order valence-electron chi connectivity index (χ1n) is 6.86. The van der Waals surface area contributed by atoms with Gasteiger partial charge in [-0.1, -0.05) is 33.8 Å². The fraction of sp³-hybridized carbons (Fsp3) is 0.533. The Morgan fingerprint density at radius 1 is 1.11 bits per heavy atom. The minimum absolute atomic E-state index is 0.737. The maximum atomic E-state index is 8.78. The van der Waals surface area contributed by atoms with E-state index in [-0.39, 0.29) is 0 Å². The zero-order valence-electron chi connectivity index (χ0n) is 12.0. The van der Waals surface area contributed by atoms with Crippen LogP contribution >= 0.6 is 0 Å². The Hall–Kier alpha value is -1.53. The van der Waals surface area contributed by atoms with E-state index in [1.54, 1.807) is 0 Å². The molecule has 1 heterocycles. The summed E-state index contributed by atoms with van der Waals surface area (Å²) in [6.45, 7) is 12.1. The van der Waals surface area contributed by atoms with Crippen LogP contribution in [-0.2, 0) is 0 Å². The summed E-state index contributed by atoms with van der Waals surface area (Å²) in [5.74, 6) is 0. The van der Waals surface area contributed by atoms with Gasteiger partial charge in [-0.15, -0.1) is 0 Å². The zero-order valence-corrected chi connectivity index (χ0v) is 12.0. The van der Waals surface area contributed by atoms with Gasteiger partial charge in [-0.2, -0.15) is 5.26 Å². The SMILES string of the molecule is CC.CC.N#Cc1cccc(N2CCNCC2)c1. The Bertz CT molecular complexity index is 349. The van der Waals surface area contributed by atoms with Gasteiger partial charge >= 0.3 is 0 Å². The minimum Gasteiger partial charge on any atom is -0.369 e. The third-order valence-corrected chi connectivity index (χ3v) is 2.46. The second-order valence-corrected chi connectivity index (χ2v) is 3.40. The van der Waals surface area contributed by atoms with E-state index in [9.17, 15) is 0 Å². The van der Waals surface area contributed by atoms with Gasteiger partial charge < -0.3 is 10.2 Å². The van der Waals surface area contributed by atoms with Crippen molar-refractivity contribution < 1.29 is 0 Å². The first-order valence-corrected chi connectivity index (χ1v) is 6.86. The molecule has 3 nitrogen and oxygen atoms in total. The summed E-state index contributed by atoms with van der Waals surface area (Å²) in [5.41, 5.74) is 1.89. The summed E-state index contributed by atoms with van der Waals surface area (Å²) in [6, 6.07) is 9.95. The van der Waals surface area contributed by atoms with E-state index < -0.39 is 0 Å². The summed E-state index contributed by atoms with van der Waals surface area (Å²) in [5, 5.41) is 12.1. The zero-order chi connectivity index (χ0) is 13.8. The molecule has 0 bridgehead atoms. The van der Waals surface area contributed by atoms with Gasteiger partial charge in [-0.25, -0.2) is 0 Å². The van der Waals surface area contributed by atoms with Crippen molar-refractivity contribution in [3.05, 3.63) is 29.8 Å². The second kappa shape index (κ2) is 10.6. The minimum atomic E-state index is 0.737. The van der Waals surface area contributed by atoms with Crippen LogP contribution in [-0.4, -0.2) is 26.2 Å². The van der Waals surface area contributed by atoms with Crippen LogP contribution < -0.4 is 10.2 Å². The van der Waals surface area contributed by atoms with Crippen molar-refractivity contribution in [2.24, 2.45) is 0 Å². The van der Waals surface area contributed by atoms with Crippen molar-refractivity contribution in [2.75, 3.05) is 31.1 Å². The lowest BCUT2D eigenvalue weighted by Gasteiger charge is -2.29. The van der Waals surface area contributed by atoms with Crippen LogP contribution in [0.5, 0.6) is 0 Å². The molecule has 1 fully saturated rings. The number of anilines is 1. The highest BCUT2D eigenvalue weighted by Crippen LogP contribution is 2.15. The summed E-state index contributed by atoms with van der Waals surface area (Å²) in [7, 11) is 0. The van der Waals surface area contributed by atoms with E-state index in [0.29, 0.717) is 0 Å². The molecule has 18 heavy (non-hydrogen) atoms. The molecule has 100 valence electrons. The maximum Gasteiger partial charge on any atom is 0.0992 e. The molecule has 0 aromatic heterocycles. The molecule has 1 aromatic carbocycles. The van der Waals surface area contributed by atoms with Crippen LogP contribution in [0.3, 0.4) is 0 Å². The van der Waals surface area contributed by atoms with Crippen molar-refractivity contribution >= 4 is 5.69 Å². The average Bonchev–Trinajstić information content (AvgIpc) is 2.52. The maximum absolute atomic E-state index is 8.78. The van der Waals surface area contributed by atoms with E-state index in [4.69, 9.17) is 5.26 Å². The molecule has 0 aliphatic carbocycles. The lowest BCUT2D eigenvalue weighted by molar-refractivity contribution is 0.589. The molecule has 3 heteroatoms. The molecule has 1 aliphatic rings. The highest BCUT2D eigenvalue weighted by molar-refractivity contribution is 5.51. The molecular formula is C15H25N3. The largest absolute Gasteiger partial charge is 0.369 e. The number of hydrogen-bond donors (Lipinski definition) is 1. The molecule has 1 aromatic rings. The standard InChI is InChI=1S/C11H13N3.2C2H6/c12-9-10-2-1-3-11(8-10)14-6-4-13-5-7-14;2*1-2/h1-3,8,13H,4-7H2;2*1-2H3. The van der Waals surface area contributed by atoms with Gasteiger partial charge in [0.25, 0.3) is 0 Å². The lowest BCUT2D eigenvalue weighted by atomic mass is 10.2. The van der Waals surface area contributed by atoms with E-state index in [0.717, 1.165) is 37.4 Å². The molecular weight excluding hydrogens is 222 g/mol. The van der Waals surface area contributed by atoms with Crippen LogP contribution in [0.25, 0.3) is 0 Å². The van der Waals surface area contributed by atoms with Gasteiger partial charge in [0.1, 0.15) is 0 Å². The lowest BCUT2D eigenvalue weighted by Crippen LogP contribution is -2.43. The van der Waals surface area contributed by atoms with E-state index in [1.165, 1.54) is 0 Å². The summed E-state index contributed by atoms with van der Waals surface area (Å²) < 4.78 is 0. The number of benzene rings is 1. The number of nitriles is 1. The van der Waals surface area contributed by atoms with Gasteiger partial charge in [-0.05, 0) is 18.2 Å². The Labute approximate surface area is 111 Å². The smallest absolute Gasteiger partial charge is 0.0992 e. The van der Waals surface area contributed by atoms with Crippen LogP contribution in [0.1, 0.15) is 33.3 Å². The molecule has 2 rings (SSSR count). The summed E-state index contributed by atoms with van der Waals surface area (Å²) in [4.78, 5) is 2.30. The van der Waals surface area contributed by atoms with Crippen LogP contribution in [0.15, 0.2) is 24.3 Å². The molecule has 0 radical (unpaired) electrons. The van der Waals surface area contributed by atoms with Crippen molar-refractivity contribution in [1.82, 2.24) is 5.32 Å². The van der Waals surface area contributed by atoms with E-state index >= 15 is 0 Å². The second-order valence-electron chi connectivity index (χ2n) is 3.40. The highest BCUT2D eigenvalue weighted by atomic mass is 15.2. The van der Waals surface area contributed by atoms with Crippen molar-refractivity contribution in [2.45, 2.75) is 27.7 Å². The predicted octanol–water partition coefficient (Wildman–Crippen LogP) is 3.02. The molecule has 0 unspecified atom stereocenters. The number of rotatable bonds is 1. The predicted molar refractivity (Wildman–Crippen MR) is 78.9 cm³/mol. The van der Waals surface area contributed by atoms with Crippen molar-refractivity contribution in [3.63, 3.8) is 0 Å². The number of hydrogen-bond acceptors (Lipinski definition) is 3. The fourth-order valence-corrected chi connectivity index (χ4v) is 1.70. The van der Waals surface area contributed by atoms with Gasteiger partial charge in [0.2, 0.25) is 0 Å². The monoisotopic (exact) mass is 247 g/mol. The van der Waals surface area contributed by atoms with E-state index in [2.05, 4.69) is 22.4 Å². The van der Waals surface area contributed by atoms with Crippen LogP contribution in [0.2, 0.25) is 0 Å². The first kappa shape index (κ1) is 16.5. The molecule has 0 saturated carbocycles. The average molecular weight is 247 g/mol. The molecule has 0 spiro atoms. The Kier molecular flexibility index (Phi) is 9.71. The van der Waals surface area contributed by atoms with Crippen LogP contribution in [0.4, 0.5) is 5.69 Å². The van der Waals surface area contributed by atoms with Crippen LogP contribution in [0, 0.1) is 11.3 Å². The molecule has 1 saturated heterocycles. The van der Waals surface area contributed by atoms with Gasteiger partial charge in [0.15, 0.2) is 0 Å². The third kappa shape index (κ3) is 5.20. The summed E-state index contributed by atoms with van der Waals surface area (Å²) in [6.07, 6.45) is 0. The first-order chi connectivity index (χ1) is 8.90. The van der Waals surface area contributed by atoms with E-state index in [1.807, 2.05) is 45.9 Å². The normalized spacial score (nSPS) is 13.4. The van der Waals surface area contributed by atoms with Gasteiger partial charge in [0, 0.05) is 31.9 Å². The number of piperazine rings is 1. The molecule has 1 N–H and O–H groups in total. The fourth-order valence-electron chi connectivity index (χ4n) is 1.70. The topological polar surface area (TPSA) is 39.1 Å². The van der Waals surface area contributed by atoms with Gasteiger partial charge in [-0.3, -0.25) is 0 Å². The quantitative estimate of drug-likeness (QED) is 0.829. The summed E-state index contributed by atoms with van der Waals surface area (Å²) >= 11 is 0. The Balaban J connectivity index is 0.000000659. The van der Waals surface area contributed by atoms with Crippen molar-refractivity contribution in [1.29, 1.82) is 5.26 Å².